The fourth-order valence-electron chi connectivity index (χ4n) is 3.58. The minimum absolute atomic E-state index is 0. The summed E-state index contributed by atoms with van der Waals surface area (Å²) in [6, 6.07) is 10.4. The average molecular weight is 540 g/mol. The molecule has 7 nitrogen and oxygen atoms in total. The van der Waals surface area contributed by atoms with Crippen molar-refractivity contribution in [2.45, 2.75) is 46.3 Å². The normalized spacial score (nSPS) is 14.2. The molecular formula is C23H33IN4O3. The van der Waals surface area contributed by atoms with Gasteiger partial charge in [0.1, 0.15) is 17.1 Å². The van der Waals surface area contributed by atoms with Crippen LogP contribution in [-0.4, -0.2) is 43.6 Å². The van der Waals surface area contributed by atoms with Crippen LogP contribution in [0.15, 0.2) is 39.7 Å². The first-order chi connectivity index (χ1) is 14.6. The third-order valence-electron chi connectivity index (χ3n) is 5.20. The summed E-state index contributed by atoms with van der Waals surface area (Å²) in [5, 5.41) is 6.49. The van der Waals surface area contributed by atoms with E-state index in [9.17, 15) is 4.79 Å². The second-order valence-electron chi connectivity index (χ2n) is 7.52. The Morgan fingerprint density at radius 3 is 2.48 bits per heavy atom. The third kappa shape index (κ3) is 7.53. The van der Waals surface area contributed by atoms with Gasteiger partial charge in [-0.15, -0.1) is 24.0 Å². The molecule has 2 aromatic rings. The number of methoxy groups -OCH3 is 1. The minimum atomic E-state index is -0.392. The van der Waals surface area contributed by atoms with Crippen LogP contribution in [-0.2, 0) is 24.4 Å². The first-order valence-corrected chi connectivity index (χ1v) is 10.6. The highest BCUT2D eigenvalue weighted by Crippen LogP contribution is 2.16. The zero-order chi connectivity index (χ0) is 21.3. The summed E-state index contributed by atoms with van der Waals surface area (Å²) < 4.78 is 10.4. The molecule has 0 unspecified atom stereocenters. The van der Waals surface area contributed by atoms with E-state index in [-0.39, 0.29) is 24.0 Å². The van der Waals surface area contributed by atoms with Gasteiger partial charge in [0.05, 0.1) is 20.2 Å². The number of nitrogens with one attached hydrogen (secondary N) is 2. The summed E-state index contributed by atoms with van der Waals surface area (Å²) in [5.74, 6) is 1.52. The highest BCUT2D eigenvalue weighted by Gasteiger charge is 2.15. The number of benzene rings is 1. The summed E-state index contributed by atoms with van der Waals surface area (Å²) in [6.07, 6.45) is 2.63. The van der Waals surface area contributed by atoms with Crippen LogP contribution in [0.4, 0.5) is 0 Å². The Balaban J connectivity index is 0.00000341. The van der Waals surface area contributed by atoms with E-state index in [1.807, 2.05) is 6.92 Å². The van der Waals surface area contributed by atoms with Gasteiger partial charge in [-0.05, 0) is 57.0 Å². The molecule has 1 saturated heterocycles. The molecule has 2 N–H and O–H groups in total. The number of aryl methyl sites for hydroxylation is 1. The lowest BCUT2D eigenvalue weighted by atomic mass is 10.1. The maximum absolute atomic E-state index is 11.7. The van der Waals surface area contributed by atoms with Gasteiger partial charge in [-0.25, -0.2) is 9.79 Å². The summed E-state index contributed by atoms with van der Waals surface area (Å²) in [7, 11) is 1.36. The molecule has 0 saturated carbocycles. The van der Waals surface area contributed by atoms with Crippen LogP contribution in [0.5, 0.6) is 0 Å². The number of nitrogens with zero attached hydrogens (tertiary/aromatic N) is 2. The Morgan fingerprint density at radius 1 is 1.16 bits per heavy atom. The van der Waals surface area contributed by atoms with Crippen LogP contribution in [0.1, 0.15) is 52.8 Å². The second kappa shape index (κ2) is 12.7. The molecule has 1 aliphatic heterocycles. The van der Waals surface area contributed by atoms with Crippen LogP contribution in [0.25, 0.3) is 0 Å². The standard InChI is InChI=1S/C23H32N4O3.HI/c1-4-24-23(26-15-20-13-21(17(2)30-20)22(28)29-3)25-14-18-7-9-19(10-8-18)16-27-11-5-6-12-27;/h7-10,13H,4-6,11-12,14-16H2,1-3H3,(H2,24,25,26);1H. The third-order valence-corrected chi connectivity index (χ3v) is 5.20. The van der Waals surface area contributed by atoms with Gasteiger partial charge in [-0.1, -0.05) is 24.3 Å². The minimum Gasteiger partial charge on any atom is -0.465 e. The number of carbonyl (C=O) groups is 1. The molecule has 31 heavy (non-hydrogen) atoms. The molecular weight excluding hydrogens is 507 g/mol. The van der Waals surface area contributed by atoms with Crippen molar-refractivity contribution >= 4 is 35.9 Å². The van der Waals surface area contributed by atoms with E-state index in [1.165, 1.54) is 44.2 Å². The number of hydrogen-bond acceptors (Lipinski definition) is 5. The second-order valence-corrected chi connectivity index (χ2v) is 7.52. The van der Waals surface area contributed by atoms with Gasteiger partial charge in [0.2, 0.25) is 0 Å². The first-order valence-electron chi connectivity index (χ1n) is 10.6. The van der Waals surface area contributed by atoms with E-state index in [0.29, 0.717) is 36.1 Å². The van der Waals surface area contributed by atoms with E-state index in [2.05, 4.69) is 44.8 Å². The van der Waals surface area contributed by atoms with Crippen LogP contribution in [0.3, 0.4) is 0 Å². The molecule has 8 heteroatoms. The quantitative estimate of drug-likeness (QED) is 0.229. The summed E-state index contributed by atoms with van der Waals surface area (Å²) >= 11 is 0. The number of hydrogen-bond donors (Lipinski definition) is 2. The van der Waals surface area contributed by atoms with Crippen molar-refractivity contribution in [2.75, 3.05) is 26.7 Å². The molecule has 0 amide bonds. The largest absolute Gasteiger partial charge is 0.465 e. The Hall–Kier alpha value is -2.07. The molecule has 0 bridgehead atoms. The Morgan fingerprint density at radius 2 is 1.84 bits per heavy atom. The molecule has 0 radical (unpaired) electrons. The monoisotopic (exact) mass is 540 g/mol. The highest BCUT2D eigenvalue weighted by molar-refractivity contribution is 14.0. The molecule has 0 aliphatic carbocycles. The summed E-state index contributed by atoms with van der Waals surface area (Å²) in [6.45, 7) is 9.00. The van der Waals surface area contributed by atoms with Crippen molar-refractivity contribution in [1.82, 2.24) is 15.5 Å². The van der Waals surface area contributed by atoms with Crippen molar-refractivity contribution in [3.63, 3.8) is 0 Å². The number of carbonyl (C=O) groups excluding carboxylic acids is 1. The maximum atomic E-state index is 11.7. The zero-order valence-corrected chi connectivity index (χ0v) is 20.9. The molecule has 1 fully saturated rings. The number of halogens is 1. The van der Waals surface area contributed by atoms with E-state index in [4.69, 9.17) is 9.15 Å². The number of guanidine groups is 1. The summed E-state index contributed by atoms with van der Waals surface area (Å²) in [4.78, 5) is 18.9. The average Bonchev–Trinajstić information content (AvgIpc) is 3.40. The molecule has 1 aromatic heterocycles. The SMILES string of the molecule is CCNC(=NCc1ccc(CN2CCCC2)cc1)NCc1cc(C(=O)OC)c(C)o1.I. The van der Waals surface area contributed by atoms with Crippen LogP contribution in [0.2, 0.25) is 0 Å². The molecule has 1 aliphatic rings. The van der Waals surface area contributed by atoms with Crippen molar-refractivity contribution < 1.29 is 13.9 Å². The lowest BCUT2D eigenvalue weighted by Gasteiger charge is -2.14. The van der Waals surface area contributed by atoms with Crippen molar-refractivity contribution in [3.8, 4) is 0 Å². The van der Waals surface area contributed by atoms with E-state index < -0.39 is 5.97 Å². The van der Waals surface area contributed by atoms with E-state index in [0.717, 1.165) is 13.1 Å². The van der Waals surface area contributed by atoms with Crippen LogP contribution >= 0.6 is 24.0 Å². The van der Waals surface area contributed by atoms with E-state index >= 15 is 0 Å². The zero-order valence-electron chi connectivity index (χ0n) is 18.6. The summed E-state index contributed by atoms with van der Waals surface area (Å²) in [5.41, 5.74) is 2.97. The molecule has 1 aromatic carbocycles. The predicted octanol–water partition coefficient (Wildman–Crippen LogP) is 3.84. The maximum Gasteiger partial charge on any atom is 0.341 e. The van der Waals surface area contributed by atoms with Gasteiger partial charge in [-0.2, -0.15) is 0 Å². The number of furan rings is 1. The molecule has 2 heterocycles. The highest BCUT2D eigenvalue weighted by atomic mass is 127. The molecule has 170 valence electrons. The van der Waals surface area contributed by atoms with Gasteiger partial charge in [0, 0.05) is 13.1 Å². The lowest BCUT2D eigenvalue weighted by Crippen LogP contribution is -2.36. The Labute approximate surface area is 201 Å². The molecule has 3 rings (SSSR count). The van der Waals surface area contributed by atoms with Crippen molar-refractivity contribution in [2.24, 2.45) is 4.99 Å². The first kappa shape index (κ1) is 25.2. The Bertz CT molecular complexity index is 858. The fourth-order valence-corrected chi connectivity index (χ4v) is 3.58. The number of rotatable bonds is 8. The molecule has 0 atom stereocenters. The van der Waals surface area contributed by atoms with Crippen LogP contribution in [0, 0.1) is 6.92 Å². The van der Waals surface area contributed by atoms with Gasteiger partial charge in [0.25, 0.3) is 0 Å². The van der Waals surface area contributed by atoms with Gasteiger partial charge in [-0.3, -0.25) is 4.90 Å². The number of aliphatic imine (C=N–C) groups is 1. The van der Waals surface area contributed by atoms with Crippen molar-refractivity contribution in [1.29, 1.82) is 0 Å². The smallest absolute Gasteiger partial charge is 0.341 e. The van der Waals surface area contributed by atoms with Crippen molar-refractivity contribution in [3.05, 3.63) is 58.5 Å². The van der Waals surface area contributed by atoms with Gasteiger partial charge in [0.15, 0.2) is 5.96 Å². The number of ether oxygens (including phenoxy) is 1. The van der Waals surface area contributed by atoms with Crippen LogP contribution < -0.4 is 10.6 Å². The predicted molar refractivity (Wildman–Crippen MR) is 133 cm³/mol. The molecule has 0 spiro atoms. The number of esters is 1. The van der Waals surface area contributed by atoms with E-state index in [1.54, 1.807) is 13.0 Å². The topological polar surface area (TPSA) is 79.1 Å². The van der Waals surface area contributed by atoms with Gasteiger partial charge >= 0.3 is 5.97 Å². The number of likely N-dealkylation sites (tertiary alicyclic amines) is 1. The Kier molecular flexibility index (Phi) is 10.3. The lowest BCUT2D eigenvalue weighted by molar-refractivity contribution is 0.0599. The van der Waals surface area contributed by atoms with Gasteiger partial charge < -0.3 is 19.8 Å². The fraction of sp³-hybridized carbons (Fsp3) is 0.478.